The van der Waals surface area contributed by atoms with E-state index in [4.69, 9.17) is 11.6 Å². The van der Waals surface area contributed by atoms with E-state index in [0.29, 0.717) is 18.2 Å². The summed E-state index contributed by atoms with van der Waals surface area (Å²) in [6.07, 6.45) is 3.35. The van der Waals surface area contributed by atoms with Crippen LogP contribution in [0.25, 0.3) is 0 Å². The molecule has 0 amide bonds. The zero-order valence-corrected chi connectivity index (χ0v) is 8.82. The summed E-state index contributed by atoms with van der Waals surface area (Å²) in [7, 11) is 0. The molecule has 2 aromatic rings. The molecular weight excluding hydrogens is 216 g/mol. The van der Waals surface area contributed by atoms with Crippen LogP contribution < -0.4 is 5.56 Å². The van der Waals surface area contributed by atoms with E-state index in [2.05, 4.69) is 15.0 Å². The highest BCUT2D eigenvalue weighted by molar-refractivity contribution is 6.29. The number of rotatable bonds is 2. The highest BCUT2D eigenvalue weighted by Gasteiger charge is 2.05. The van der Waals surface area contributed by atoms with Crippen molar-refractivity contribution < 1.29 is 0 Å². The zero-order valence-electron chi connectivity index (χ0n) is 8.07. The van der Waals surface area contributed by atoms with Gasteiger partial charge in [-0.25, -0.2) is 9.97 Å². The van der Waals surface area contributed by atoms with Crippen molar-refractivity contribution in [3.63, 3.8) is 0 Å². The minimum atomic E-state index is -0.177. The molecule has 0 aromatic carbocycles. The van der Waals surface area contributed by atoms with Gasteiger partial charge in [0.2, 0.25) is 0 Å². The molecule has 1 N–H and O–H groups in total. The predicted octanol–water partition coefficient (Wildman–Crippen LogP) is 0.977. The Kier molecular flexibility index (Phi) is 2.55. The van der Waals surface area contributed by atoms with Gasteiger partial charge in [0.15, 0.2) is 0 Å². The second kappa shape index (κ2) is 3.86. The predicted molar refractivity (Wildman–Crippen MR) is 55.9 cm³/mol. The number of nitrogens with one attached hydrogen (secondary N) is 1. The molecule has 2 rings (SSSR count). The summed E-state index contributed by atoms with van der Waals surface area (Å²) in [6.45, 7) is 2.11. The molecule has 78 valence electrons. The van der Waals surface area contributed by atoms with Crippen molar-refractivity contribution in [2.24, 2.45) is 0 Å². The highest BCUT2D eigenvalue weighted by Crippen LogP contribution is 2.02. The van der Waals surface area contributed by atoms with Crippen LogP contribution in [-0.4, -0.2) is 19.5 Å². The topological polar surface area (TPSA) is 63.6 Å². The Morgan fingerprint density at radius 1 is 1.60 bits per heavy atom. The SMILES string of the molecule is Cc1nc(Cl)cc(=O)n1Cc1ncc[nH]1. The van der Waals surface area contributed by atoms with Gasteiger partial charge >= 0.3 is 0 Å². The second-order valence-corrected chi connectivity index (χ2v) is 3.47. The third-order valence-electron chi connectivity index (χ3n) is 2.03. The van der Waals surface area contributed by atoms with E-state index in [0.717, 1.165) is 0 Å². The molecule has 0 atom stereocenters. The Hall–Kier alpha value is -1.62. The molecule has 0 saturated heterocycles. The van der Waals surface area contributed by atoms with Gasteiger partial charge in [0.1, 0.15) is 16.8 Å². The van der Waals surface area contributed by atoms with Crippen molar-refractivity contribution in [2.75, 3.05) is 0 Å². The lowest BCUT2D eigenvalue weighted by Gasteiger charge is -2.06. The van der Waals surface area contributed by atoms with E-state index in [1.54, 1.807) is 19.3 Å². The summed E-state index contributed by atoms with van der Waals surface area (Å²) in [5.74, 6) is 1.29. The molecule has 15 heavy (non-hydrogen) atoms. The van der Waals surface area contributed by atoms with Gasteiger partial charge in [0.25, 0.3) is 5.56 Å². The van der Waals surface area contributed by atoms with Crippen molar-refractivity contribution in [3.05, 3.63) is 45.6 Å². The molecule has 6 heteroatoms. The number of halogens is 1. The maximum Gasteiger partial charge on any atom is 0.255 e. The molecule has 0 unspecified atom stereocenters. The van der Waals surface area contributed by atoms with E-state index in [-0.39, 0.29) is 10.7 Å². The summed E-state index contributed by atoms with van der Waals surface area (Å²) in [5, 5.41) is 0.216. The van der Waals surface area contributed by atoms with Gasteiger partial charge < -0.3 is 4.98 Å². The van der Waals surface area contributed by atoms with Gasteiger partial charge in [-0.3, -0.25) is 9.36 Å². The van der Waals surface area contributed by atoms with Crippen LogP contribution in [0.15, 0.2) is 23.3 Å². The molecule has 2 aromatic heterocycles. The van der Waals surface area contributed by atoms with Crippen molar-refractivity contribution in [1.29, 1.82) is 0 Å². The standard InChI is InChI=1S/C9H9ClN4O/c1-6-13-7(10)4-9(15)14(6)5-8-11-2-3-12-8/h2-4H,5H2,1H3,(H,11,12). The van der Waals surface area contributed by atoms with Crippen molar-refractivity contribution in [3.8, 4) is 0 Å². The molecule has 5 nitrogen and oxygen atoms in total. The molecule has 0 aliphatic rings. The average molecular weight is 225 g/mol. The maximum absolute atomic E-state index is 11.6. The van der Waals surface area contributed by atoms with Crippen LogP contribution in [0.1, 0.15) is 11.6 Å². The smallest absolute Gasteiger partial charge is 0.255 e. The first-order chi connectivity index (χ1) is 7.16. The van der Waals surface area contributed by atoms with Crippen LogP contribution in [0.5, 0.6) is 0 Å². The van der Waals surface area contributed by atoms with Gasteiger partial charge in [-0.15, -0.1) is 0 Å². The first-order valence-corrected chi connectivity index (χ1v) is 4.77. The zero-order chi connectivity index (χ0) is 10.8. The molecule has 0 saturated carbocycles. The fourth-order valence-corrected chi connectivity index (χ4v) is 1.53. The van der Waals surface area contributed by atoms with Gasteiger partial charge in [0, 0.05) is 18.5 Å². The summed E-state index contributed by atoms with van der Waals surface area (Å²) >= 11 is 5.66. The lowest BCUT2D eigenvalue weighted by molar-refractivity contribution is 0.675. The molecule has 0 aliphatic carbocycles. The fourth-order valence-electron chi connectivity index (χ4n) is 1.31. The van der Waals surface area contributed by atoms with E-state index < -0.39 is 0 Å². The minimum Gasteiger partial charge on any atom is -0.347 e. The number of nitrogens with zero attached hydrogens (tertiary/aromatic N) is 3. The Labute approximate surface area is 90.8 Å². The third-order valence-corrected chi connectivity index (χ3v) is 2.22. The van der Waals surface area contributed by atoms with Gasteiger partial charge in [0.05, 0.1) is 6.54 Å². The first-order valence-electron chi connectivity index (χ1n) is 4.39. The van der Waals surface area contributed by atoms with E-state index in [1.165, 1.54) is 10.6 Å². The number of aryl methyl sites for hydroxylation is 1. The van der Waals surface area contributed by atoms with Crippen LogP contribution in [0.3, 0.4) is 0 Å². The van der Waals surface area contributed by atoms with Crippen LogP contribution in [-0.2, 0) is 6.54 Å². The lowest BCUT2D eigenvalue weighted by atomic mass is 10.5. The highest BCUT2D eigenvalue weighted by atomic mass is 35.5. The largest absolute Gasteiger partial charge is 0.347 e. The molecule has 0 bridgehead atoms. The molecule has 0 fully saturated rings. The number of aromatic nitrogens is 4. The van der Waals surface area contributed by atoms with Crippen LogP contribution in [0.2, 0.25) is 5.15 Å². The Morgan fingerprint density at radius 2 is 2.40 bits per heavy atom. The molecule has 2 heterocycles. The third kappa shape index (κ3) is 2.07. The number of hydrogen-bond acceptors (Lipinski definition) is 3. The first kappa shape index (κ1) is 9.92. The molecule has 0 aliphatic heterocycles. The Balaban J connectivity index is 2.41. The second-order valence-electron chi connectivity index (χ2n) is 3.09. The summed E-state index contributed by atoms with van der Waals surface area (Å²) in [4.78, 5) is 22.5. The normalized spacial score (nSPS) is 10.5. The van der Waals surface area contributed by atoms with E-state index >= 15 is 0 Å². The van der Waals surface area contributed by atoms with Crippen LogP contribution >= 0.6 is 11.6 Å². The molecule has 0 radical (unpaired) electrons. The van der Waals surface area contributed by atoms with Crippen molar-refractivity contribution in [1.82, 2.24) is 19.5 Å². The number of aromatic amines is 1. The van der Waals surface area contributed by atoms with Gasteiger partial charge in [-0.2, -0.15) is 0 Å². The van der Waals surface area contributed by atoms with Crippen LogP contribution in [0.4, 0.5) is 0 Å². The number of hydrogen-bond donors (Lipinski definition) is 1. The minimum absolute atomic E-state index is 0.177. The monoisotopic (exact) mass is 224 g/mol. The fraction of sp³-hybridized carbons (Fsp3) is 0.222. The van der Waals surface area contributed by atoms with Gasteiger partial charge in [-0.1, -0.05) is 11.6 Å². The summed E-state index contributed by atoms with van der Waals surface area (Å²) in [5.41, 5.74) is -0.177. The number of H-pyrrole nitrogens is 1. The Bertz CT molecular complexity index is 517. The van der Waals surface area contributed by atoms with Gasteiger partial charge in [-0.05, 0) is 6.92 Å². The summed E-state index contributed by atoms with van der Waals surface area (Å²) in [6, 6.07) is 1.29. The van der Waals surface area contributed by atoms with Crippen molar-refractivity contribution >= 4 is 11.6 Å². The Morgan fingerprint density at radius 3 is 3.00 bits per heavy atom. The lowest BCUT2D eigenvalue weighted by Crippen LogP contribution is -2.23. The van der Waals surface area contributed by atoms with E-state index in [1.807, 2.05) is 0 Å². The maximum atomic E-state index is 11.6. The number of imidazole rings is 1. The van der Waals surface area contributed by atoms with Crippen molar-refractivity contribution in [2.45, 2.75) is 13.5 Å². The average Bonchev–Trinajstić information content (AvgIpc) is 2.63. The molecular formula is C9H9ClN4O. The summed E-state index contributed by atoms with van der Waals surface area (Å²) < 4.78 is 1.50. The quantitative estimate of drug-likeness (QED) is 0.774. The van der Waals surface area contributed by atoms with E-state index in [9.17, 15) is 4.79 Å². The molecule has 0 spiro atoms. The van der Waals surface area contributed by atoms with Crippen LogP contribution in [0, 0.1) is 6.92 Å².